The molecule has 2 heterocycles. The Kier molecular flexibility index (Phi) is 7.91. The molecule has 0 spiro atoms. The summed E-state index contributed by atoms with van der Waals surface area (Å²) in [6, 6.07) is 7.38. The van der Waals surface area contributed by atoms with E-state index in [2.05, 4.69) is 4.98 Å². The van der Waals surface area contributed by atoms with Gasteiger partial charge >= 0.3 is 0 Å². The second-order valence-electron chi connectivity index (χ2n) is 7.15. The van der Waals surface area contributed by atoms with E-state index in [4.69, 9.17) is 4.74 Å². The first-order chi connectivity index (χ1) is 13.7. The van der Waals surface area contributed by atoms with Crippen LogP contribution in [0.1, 0.15) is 38.5 Å². The Labute approximate surface area is 170 Å². The maximum Gasteiger partial charge on any atom is 0.262 e. The van der Waals surface area contributed by atoms with E-state index in [1.807, 2.05) is 23.1 Å². The Morgan fingerprint density at radius 3 is 2.61 bits per heavy atom. The number of methoxy groups -OCH3 is 1. The number of rotatable bonds is 7. The van der Waals surface area contributed by atoms with Crippen molar-refractivity contribution in [3.8, 4) is 0 Å². The normalized spacial score (nSPS) is 15.4. The van der Waals surface area contributed by atoms with Crippen molar-refractivity contribution >= 4 is 28.6 Å². The summed E-state index contributed by atoms with van der Waals surface area (Å²) in [7, 11) is 1.65. The smallest absolute Gasteiger partial charge is 0.262 e. The number of ether oxygens (including phenoxy) is 1. The van der Waals surface area contributed by atoms with Crippen LogP contribution in [0.2, 0.25) is 0 Å². The number of aromatic nitrogens is 2. The van der Waals surface area contributed by atoms with E-state index in [0.29, 0.717) is 35.0 Å². The molecule has 1 aromatic carbocycles. The summed E-state index contributed by atoms with van der Waals surface area (Å²) in [6.45, 7) is 2.79. The summed E-state index contributed by atoms with van der Waals surface area (Å²) in [5, 5.41) is 1.22. The molecular formula is C21H29N3O3S. The molecule has 1 aliphatic heterocycles. The summed E-state index contributed by atoms with van der Waals surface area (Å²) >= 11 is 1.37. The van der Waals surface area contributed by atoms with Gasteiger partial charge < -0.3 is 9.64 Å². The zero-order valence-electron chi connectivity index (χ0n) is 16.6. The van der Waals surface area contributed by atoms with Crippen LogP contribution in [0.3, 0.4) is 0 Å². The van der Waals surface area contributed by atoms with Crippen molar-refractivity contribution < 1.29 is 9.53 Å². The lowest BCUT2D eigenvalue weighted by Gasteiger charge is -2.24. The Hall–Kier alpha value is -1.86. The molecular weight excluding hydrogens is 374 g/mol. The van der Waals surface area contributed by atoms with Gasteiger partial charge in [0.25, 0.3) is 5.56 Å². The second kappa shape index (κ2) is 10.6. The number of carbonyl (C=O) groups excluding carboxylic acids is 1. The molecule has 2 aromatic rings. The first-order valence-corrected chi connectivity index (χ1v) is 11.1. The van der Waals surface area contributed by atoms with Gasteiger partial charge in [-0.25, -0.2) is 4.98 Å². The summed E-state index contributed by atoms with van der Waals surface area (Å²) in [6.07, 6.45) is 6.54. The van der Waals surface area contributed by atoms with E-state index >= 15 is 0 Å². The zero-order valence-corrected chi connectivity index (χ0v) is 17.4. The molecule has 0 saturated carbocycles. The number of thioether (sulfide) groups is 1. The number of hydrogen-bond donors (Lipinski definition) is 0. The molecule has 0 N–H and O–H groups in total. The lowest BCUT2D eigenvalue weighted by atomic mass is 10.1. The van der Waals surface area contributed by atoms with E-state index in [9.17, 15) is 9.59 Å². The highest BCUT2D eigenvalue weighted by Crippen LogP contribution is 2.20. The van der Waals surface area contributed by atoms with Gasteiger partial charge in [-0.2, -0.15) is 0 Å². The highest BCUT2D eigenvalue weighted by molar-refractivity contribution is 7.99. The molecule has 152 valence electrons. The van der Waals surface area contributed by atoms with E-state index in [0.717, 1.165) is 32.4 Å². The molecule has 7 heteroatoms. The minimum atomic E-state index is -0.0529. The quantitative estimate of drug-likeness (QED) is 0.403. The number of hydrogen-bond acceptors (Lipinski definition) is 5. The number of carbonyl (C=O) groups is 1. The first kappa shape index (κ1) is 20.9. The minimum Gasteiger partial charge on any atom is -0.385 e. The molecule has 6 nitrogen and oxygen atoms in total. The van der Waals surface area contributed by atoms with E-state index in [1.165, 1.54) is 31.0 Å². The molecule has 1 aliphatic rings. The second-order valence-corrected chi connectivity index (χ2v) is 8.09. The molecule has 0 radical (unpaired) electrons. The van der Waals surface area contributed by atoms with E-state index in [1.54, 1.807) is 17.7 Å². The molecule has 28 heavy (non-hydrogen) atoms. The van der Waals surface area contributed by atoms with Gasteiger partial charge in [0.15, 0.2) is 5.16 Å². The summed E-state index contributed by atoms with van der Waals surface area (Å²) in [4.78, 5) is 32.3. The number of nitrogens with zero attached hydrogens (tertiary/aromatic N) is 3. The average molecular weight is 404 g/mol. The summed E-state index contributed by atoms with van der Waals surface area (Å²) in [5.74, 6) is 0.451. The van der Waals surface area contributed by atoms with Crippen molar-refractivity contribution in [2.45, 2.75) is 50.2 Å². The van der Waals surface area contributed by atoms with Crippen LogP contribution in [0.15, 0.2) is 34.2 Å². The predicted molar refractivity (Wildman–Crippen MR) is 113 cm³/mol. The Morgan fingerprint density at radius 2 is 1.86 bits per heavy atom. The molecule has 0 unspecified atom stereocenters. The predicted octanol–water partition coefficient (Wildman–Crippen LogP) is 3.32. The van der Waals surface area contributed by atoms with Crippen LogP contribution in [0, 0.1) is 0 Å². The van der Waals surface area contributed by atoms with Crippen LogP contribution in [0.25, 0.3) is 10.9 Å². The van der Waals surface area contributed by atoms with Crippen LogP contribution in [-0.4, -0.2) is 52.9 Å². The lowest BCUT2D eigenvalue weighted by Crippen LogP contribution is -2.35. The third-order valence-electron chi connectivity index (χ3n) is 5.09. The topological polar surface area (TPSA) is 64.4 Å². The maximum atomic E-state index is 12.9. The van der Waals surface area contributed by atoms with Gasteiger partial charge in [-0.15, -0.1) is 0 Å². The highest BCUT2D eigenvalue weighted by Gasteiger charge is 2.17. The van der Waals surface area contributed by atoms with Crippen molar-refractivity contribution in [3.05, 3.63) is 34.6 Å². The number of benzene rings is 1. The van der Waals surface area contributed by atoms with Crippen molar-refractivity contribution in [2.24, 2.45) is 0 Å². The van der Waals surface area contributed by atoms with Gasteiger partial charge in [-0.3, -0.25) is 14.2 Å². The Balaban J connectivity index is 1.77. The van der Waals surface area contributed by atoms with Crippen molar-refractivity contribution in [1.82, 2.24) is 14.5 Å². The molecule has 3 rings (SSSR count). The van der Waals surface area contributed by atoms with Crippen LogP contribution < -0.4 is 5.56 Å². The standard InChI is InChI=1S/C21H29N3O3S/c1-27-15-9-14-24-20(26)17-10-5-6-11-18(17)22-21(24)28-16-19(25)23-12-7-3-2-4-8-13-23/h5-6,10-11H,2-4,7-9,12-16H2,1H3. The van der Waals surface area contributed by atoms with E-state index < -0.39 is 0 Å². The van der Waals surface area contributed by atoms with Crippen LogP contribution in [-0.2, 0) is 16.1 Å². The third-order valence-corrected chi connectivity index (χ3v) is 6.05. The van der Waals surface area contributed by atoms with Crippen LogP contribution in [0.5, 0.6) is 0 Å². The SMILES string of the molecule is COCCCn1c(SCC(=O)N2CCCCCCC2)nc2ccccc2c1=O. The molecule has 1 saturated heterocycles. The van der Waals surface area contributed by atoms with Gasteiger partial charge in [-0.05, 0) is 31.4 Å². The minimum absolute atomic E-state index is 0.0529. The number of amides is 1. The fraction of sp³-hybridized carbons (Fsp3) is 0.571. The fourth-order valence-corrected chi connectivity index (χ4v) is 4.46. The first-order valence-electron chi connectivity index (χ1n) is 10.1. The maximum absolute atomic E-state index is 12.9. The van der Waals surface area contributed by atoms with Gasteiger partial charge in [0.2, 0.25) is 5.91 Å². The molecule has 1 fully saturated rings. The summed E-state index contributed by atoms with van der Waals surface area (Å²) in [5.41, 5.74) is 0.625. The molecule has 0 aliphatic carbocycles. The molecule has 1 amide bonds. The van der Waals surface area contributed by atoms with Gasteiger partial charge in [0, 0.05) is 33.4 Å². The van der Waals surface area contributed by atoms with Crippen molar-refractivity contribution in [3.63, 3.8) is 0 Å². The number of para-hydroxylation sites is 1. The largest absolute Gasteiger partial charge is 0.385 e. The third kappa shape index (κ3) is 5.35. The fourth-order valence-electron chi connectivity index (χ4n) is 3.54. The molecule has 1 aromatic heterocycles. The van der Waals surface area contributed by atoms with Crippen LogP contribution in [0.4, 0.5) is 0 Å². The summed E-state index contributed by atoms with van der Waals surface area (Å²) < 4.78 is 6.81. The number of fused-ring (bicyclic) bond motifs is 1. The Morgan fingerprint density at radius 1 is 1.14 bits per heavy atom. The van der Waals surface area contributed by atoms with Gasteiger partial charge in [-0.1, -0.05) is 43.2 Å². The van der Waals surface area contributed by atoms with Crippen molar-refractivity contribution in [1.29, 1.82) is 0 Å². The van der Waals surface area contributed by atoms with Gasteiger partial charge in [0.05, 0.1) is 16.7 Å². The Bertz CT molecular complexity index is 844. The number of likely N-dealkylation sites (tertiary alicyclic amines) is 1. The monoisotopic (exact) mass is 403 g/mol. The average Bonchev–Trinajstić information content (AvgIpc) is 2.68. The molecule has 0 atom stereocenters. The van der Waals surface area contributed by atoms with Crippen molar-refractivity contribution in [2.75, 3.05) is 32.6 Å². The zero-order chi connectivity index (χ0) is 19.8. The highest BCUT2D eigenvalue weighted by atomic mass is 32.2. The van der Waals surface area contributed by atoms with E-state index in [-0.39, 0.29) is 11.5 Å². The molecule has 0 bridgehead atoms. The van der Waals surface area contributed by atoms with Crippen LogP contribution >= 0.6 is 11.8 Å². The van der Waals surface area contributed by atoms with Gasteiger partial charge in [0.1, 0.15) is 0 Å². The lowest BCUT2D eigenvalue weighted by molar-refractivity contribution is -0.128.